The van der Waals surface area contributed by atoms with E-state index in [0.717, 1.165) is 0 Å². The number of nitrogens with zero attached hydrogens (tertiary/aromatic N) is 1. The Labute approximate surface area is 86.9 Å². The first-order valence-corrected chi connectivity index (χ1v) is 4.30. The number of carbonyl (C=O) groups is 1. The molecule has 0 aliphatic rings. The van der Waals surface area contributed by atoms with E-state index in [2.05, 4.69) is 4.74 Å². The predicted octanol–water partition coefficient (Wildman–Crippen LogP) is 2.19. The van der Waals surface area contributed by atoms with Gasteiger partial charge in [0.1, 0.15) is 0 Å². The quantitative estimate of drug-likeness (QED) is 0.702. The highest BCUT2D eigenvalue weighted by molar-refractivity contribution is 6.31. The van der Waals surface area contributed by atoms with Crippen LogP contribution in [-0.2, 0) is 11.2 Å². The van der Waals surface area contributed by atoms with Crippen LogP contribution in [0.5, 0.6) is 0 Å². The van der Waals surface area contributed by atoms with Crippen molar-refractivity contribution in [2.24, 2.45) is 0 Å². The molecule has 3 nitrogen and oxygen atoms in total. The highest BCUT2D eigenvalue weighted by Crippen LogP contribution is 2.17. The zero-order valence-corrected chi connectivity index (χ0v) is 8.34. The third-order valence-electron chi connectivity index (χ3n) is 1.75. The number of nitriles is 1. The molecule has 4 heteroatoms. The Bertz CT molecular complexity index is 396. The minimum atomic E-state index is -0.474. The lowest BCUT2D eigenvalue weighted by Gasteiger charge is -2.04. The lowest BCUT2D eigenvalue weighted by molar-refractivity contribution is 0.0599. The van der Waals surface area contributed by atoms with E-state index >= 15 is 0 Å². The molecule has 0 amide bonds. The third kappa shape index (κ3) is 2.24. The summed E-state index contributed by atoms with van der Waals surface area (Å²) >= 11 is 5.73. The maximum atomic E-state index is 11.3. The van der Waals surface area contributed by atoms with Gasteiger partial charge in [-0.15, -0.1) is 0 Å². The fourth-order valence-corrected chi connectivity index (χ4v) is 1.26. The van der Waals surface area contributed by atoms with Crippen LogP contribution in [0.4, 0.5) is 0 Å². The molecule has 0 heterocycles. The Kier molecular flexibility index (Phi) is 3.49. The molecule has 0 aromatic heterocycles. The van der Waals surface area contributed by atoms with Gasteiger partial charge in [0, 0.05) is 5.02 Å². The lowest BCUT2D eigenvalue weighted by atomic mass is 10.1. The average molecular weight is 210 g/mol. The molecule has 0 aliphatic carbocycles. The van der Waals surface area contributed by atoms with E-state index in [1.807, 2.05) is 6.07 Å². The molecule has 1 aromatic carbocycles. The van der Waals surface area contributed by atoms with Gasteiger partial charge in [0.05, 0.1) is 25.2 Å². The molecule has 1 aromatic rings. The second-order valence-electron chi connectivity index (χ2n) is 2.63. The molecule has 72 valence electrons. The average Bonchev–Trinajstić information content (AvgIpc) is 2.20. The van der Waals surface area contributed by atoms with Crippen LogP contribution in [0, 0.1) is 11.3 Å². The number of methoxy groups -OCH3 is 1. The molecule has 14 heavy (non-hydrogen) atoms. The Morgan fingerprint density at radius 1 is 1.64 bits per heavy atom. The van der Waals surface area contributed by atoms with Crippen molar-refractivity contribution >= 4 is 17.6 Å². The zero-order valence-electron chi connectivity index (χ0n) is 7.58. The van der Waals surface area contributed by atoms with E-state index in [1.165, 1.54) is 13.2 Å². The fourth-order valence-electron chi connectivity index (χ4n) is 1.09. The van der Waals surface area contributed by atoms with Gasteiger partial charge in [-0.25, -0.2) is 4.79 Å². The summed E-state index contributed by atoms with van der Waals surface area (Å²) in [5.41, 5.74) is 0.977. The molecule has 0 saturated carbocycles. The van der Waals surface area contributed by atoms with Gasteiger partial charge >= 0.3 is 5.97 Å². The topological polar surface area (TPSA) is 50.1 Å². The van der Waals surface area contributed by atoms with Crippen LogP contribution < -0.4 is 0 Å². The smallest absolute Gasteiger partial charge is 0.338 e. The Morgan fingerprint density at radius 3 is 2.93 bits per heavy atom. The molecule has 0 spiro atoms. The minimum Gasteiger partial charge on any atom is -0.465 e. The number of esters is 1. The Hall–Kier alpha value is -1.53. The van der Waals surface area contributed by atoms with Gasteiger partial charge in [0.2, 0.25) is 0 Å². The van der Waals surface area contributed by atoms with Crippen LogP contribution in [-0.4, -0.2) is 13.1 Å². The van der Waals surface area contributed by atoms with Gasteiger partial charge in [0.15, 0.2) is 0 Å². The van der Waals surface area contributed by atoms with E-state index in [-0.39, 0.29) is 6.42 Å². The van der Waals surface area contributed by atoms with Crippen LogP contribution in [0.1, 0.15) is 15.9 Å². The second-order valence-corrected chi connectivity index (χ2v) is 3.06. The summed E-state index contributed by atoms with van der Waals surface area (Å²) < 4.78 is 4.57. The van der Waals surface area contributed by atoms with Crippen molar-refractivity contribution in [2.45, 2.75) is 6.42 Å². The summed E-state index contributed by atoms with van der Waals surface area (Å²) in [7, 11) is 1.29. The number of hydrogen-bond donors (Lipinski definition) is 0. The Morgan fingerprint density at radius 2 is 2.36 bits per heavy atom. The van der Waals surface area contributed by atoms with Crippen molar-refractivity contribution in [1.29, 1.82) is 5.26 Å². The van der Waals surface area contributed by atoms with Crippen LogP contribution in [0.2, 0.25) is 5.02 Å². The predicted molar refractivity (Wildman–Crippen MR) is 52.1 cm³/mol. The number of rotatable bonds is 2. The Balaban J connectivity index is 3.16. The molecule has 0 bridgehead atoms. The lowest BCUT2D eigenvalue weighted by Crippen LogP contribution is -2.05. The first-order valence-electron chi connectivity index (χ1n) is 3.92. The SMILES string of the molecule is COC(=O)c1cc(Cl)ccc1CC#N. The molecule has 0 unspecified atom stereocenters. The van der Waals surface area contributed by atoms with Crippen molar-refractivity contribution in [3.63, 3.8) is 0 Å². The molecular formula is C10H8ClNO2. The van der Waals surface area contributed by atoms with E-state index < -0.39 is 5.97 Å². The fraction of sp³-hybridized carbons (Fsp3) is 0.200. The van der Waals surface area contributed by atoms with Crippen LogP contribution >= 0.6 is 11.6 Å². The molecule has 0 fully saturated rings. The minimum absolute atomic E-state index is 0.168. The number of carbonyl (C=O) groups excluding carboxylic acids is 1. The van der Waals surface area contributed by atoms with Crippen molar-refractivity contribution in [3.05, 3.63) is 34.3 Å². The largest absolute Gasteiger partial charge is 0.465 e. The molecule has 0 N–H and O–H groups in total. The van der Waals surface area contributed by atoms with Crippen LogP contribution in [0.3, 0.4) is 0 Å². The summed E-state index contributed by atoms with van der Waals surface area (Å²) in [6, 6.07) is 6.76. The third-order valence-corrected chi connectivity index (χ3v) is 1.98. The standard InChI is InChI=1S/C10H8ClNO2/c1-14-10(13)9-6-8(11)3-2-7(9)4-5-12/h2-3,6H,4H2,1H3. The number of benzene rings is 1. The first-order chi connectivity index (χ1) is 6.69. The van der Waals surface area contributed by atoms with Gasteiger partial charge < -0.3 is 4.74 Å². The first kappa shape index (κ1) is 10.6. The van der Waals surface area contributed by atoms with Gasteiger partial charge in [-0.2, -0.15) is 5.26 Å². The molecule has 0 saturated heterocycles. The normalized spacial score (nSPS) is 9.21. The molecule has 0 aliphatic heterocycles. The molecule has 0 radical (unpaired) electrons. The second kappa shape index (κ2) is 4.64. The van der Waals surface area contributed by atoms with Crippen molar-refractivity contribution in [2.75, 3.05) is 7.11 Å². The number of ether oxygens (including phenoxy) is 1. The van der Waals surface area contributed by atoms with E-state index in [0.29, 0.717) is 16.1 Å². The van der Waals surface area contributed by atoms with Crippen molar-refractivity contribution in [3.8, 4) is 6.07 Å². The maximum absolute atomic E-state index is 11.3. The highest BCUT2D eigenvalue weighted by atomic mass is 35.5. The summed E-state index contributed by atoms with van der Waals surface area (Å²) in [5.74, 6) is -0.474. The van der Waals surface area contributed by atoms with E-state index in [9.17, 15) is 4.79 Å². The van der Waals surface area contributed by atoms with E-state index in [1.54, 1.807) is 12.1 Å². The maximum Gasteiger partial charge on any atom is 0.338 e. The summed E-state index contributed by atoms with van der Waals surface area (Å²) in [6.07, 6.45) is 0.168. The van der Waals surface area contributed by atoms with Gasteiger partial charge in [-0.3, -0.25) is 0 Å². The molecular weight excluding hydrogens is 202 g/mol. The van der Waals surface area contributed by atoms with Crippen LogP contribution in [0.25, 0.3) is 0 Å². The number of hydrogen-bond acceptors (Lipinski definition) is 3. The highest BCUT2D eigenvalue weighted by Gasteiger charge is 2.11. The zero-order chi connectivity index (χ0) is 10.6. The number of halogens is 1. The summed E-state index contributed by atoms with van der Waals surface area (Å²) in [4.78, 5) is 11.3. The summed E-state index contributed by atoms with van der Waals surface area (Å²) in [5, 5.41) is 8.98. The molecule has 0 atom stereocenters. The van der Waals surface area contributed by atoms with Gasteiger partial charge in [-0.05, 0) is 17.7 Å². The summed E-state index contributed by atoms with van der Waals surface area (Å²) in [6.45, 7) is 0. The van der Waals surface area contributed by atoms with Crippen molar-refractivity contribution in [1.82, 2.24) is 0 Å². The van der Waals surface area contributed by atoms with E-state index in [4.69, 9.17) is 16.9 Å². The van der Waals surface area contributed by atoms with Crippen LogP contribution in [0.15, 0.2) is 18.2 Å². The van der Waals surface area contributed by atoms with Crippen molar-refractivity contribution < 1.29 is 9.53 Å². The monoisotopic (exact) mass is 209 g/mol. The van der Waals surface area contributed by atoms with Gasteiger partial charge in [0.25, 0.3) is 0 Å². The van der Waals surface area contributed by atoms with Gasteiger partial charge in [-0.1, -0.05) is 17.7 Å². The molecule has 1 rings (SSSR count).